The van der Waals surface area contributed by atoms with Gasteiger partial charge in [-0.2, -0.15) is 0 Å². The van der Waals surface area contributed by atoms with Gasteiger partial charge in [0.2, 0.25) is 0 Å². The van der Waals surface area contributed by atoms with Gasteiger partial charge in [-0.25, -0.2) is 0 Å². The highest BCUT2D eigenvalue weighted by atomic mass is 14.2. The molecule has 0 nitrogen and oxygen atoms in total. The van der Waals surface area contributed by atoms with Gasteiger partial charge in [0, 0.05) is 0 Å². The minimum atomic E-state index is 1.04. The van der Waals surface area contributed by atoms with Crippen LogP contribution in [0.2, 0.25) is 0 Å². The first kappa shape index (κ1) is 14.8. The Morgan fingerprint density at radius 2 is 1.19 bits per heavy atom. The monoisotopic (exact) mass is 342 g/mol. The minimum Gasteiger partial charge on any atom is -0.0622 e. The summed E-state index contributed by atoms with van der Waals surface area (Å²) in [6.45, 7) is 0. The van der Waals surface area contributed by atoms with Crippen LogP contribution in [0.1, 0.15) is 11.1 Å². The summed E-state index contributed by atoms with van der Waals surface area (Å²) in [4.78, 5) is 0. The summed E-state index contributed by atoms with van der Waals surface area (Å²) in [7, 11) is 0. The van der Waals surface area contributed by atoms with Crippen LogP contribution in [0.3, 0.4) is 0 Å². The molecule has 6 rings (SSSR count). The Hall–Kier alpha value is -3.38. The molecule has 0 radical (unpaired) electrons. The highest BCUT2D eigenvalue weighted by molar-refractivity contribution is 6.10. The maximum absolute atomic E-state index is 2.42. The quantitative estimate of drug-likeness (QED) is 0.276. The second kappa shape index (κ2) is 5.56. The molecule has 0 N–H and O–H groups in total. The lowest BCUT2D eigenvalue weighted by Gasteiger charge is -2.10. The second-order valence-corrected chi connectivity index (χ2v) is 7.43. The molecule has 27 heavy (non-hydrogen) atoms. The summed E-state index contributed by atoms with van der Waals surface area (Å²) in [6, 6.07) is 35.6. The van der Waals surface area contributed by atoms with E-state index in [0.717, 1.165) is 6.42 Å². The van der Waals surface area contributed by atoms with Gasteiger partial charge >= 0.3 is 0 Å². The third-order valence-electron chi connectivity index (χ3n) is 5.86. The van der Waals surface area contributed by atoms with E-state index in [9.17, 15) is 0 Å². The standard InChI is InChI=1S/C27H18/c1-2-6-18(7-3-1)20-12-10-19-11-13-22-16-27-23(17-26(22)25(19)15-20)14-21-8-4-5-9-24(21)27/h1-13,15-17H,14H2. The topological polar surface area (TPSA) is 0 Å². The van der Waals surface area contributed by atoms with Gasteiger partial charge in [0.15, 0.2) is 0 Å². The molecular weight excluding hydrogens is 324 g/mol. The van der Waals surface area contributed by atoms with Crippen molar-refractivity contribution in [3.63, 3.8) is 0 Å². The van der Waals surface area contributed by atoms with Crippen molar-refractivity contribution >= 4 is 21.5 Å². The molecule has 0 aromatic heterocycles. The van der Waals surface area contributed by atoms with Gasteiger partial charge in [0.25, 0.3) is 0 Å². The van der Waals surface area contributed by atoms with Crippen molar-refractivity contribution in [2.45, 2.75) is 6.42 Å². The van der Waals surface area contributed by atoms with Crippen LogP contribution in [0.15, 0.2) is 97.1 Å². The van der Waals surface area contributed by atoms with Crippen LogP contribution in [-0.2, 0) is 6.42 Å². The van der Waals surface area contributed by atoms with E-state index in [1.807, 2.05) is 0 Å². The molecule has 126 valence electrons. The fourth-order valence-electron chi connectivity index (χ4n) is 4.50. The van der Waals surface area contributed by atoms with Crippen LogP contribution in [0.5, 0.6) is 0 Å². The zero-order chi connectivity index (χ0) is 17.8. The lowest BCUT2D eigenvalue weighted by molar-refractivity contribution is 1.27. The third-order valence-corrected chi connectivity index (χ3v) is 5.86. The van der Waals surface area contributed by atoms with Gasteiger partial charge in [-0.3, -0.25) is 0 Å². The Morgan fingerprint density at radius 3 is 2.11 bits per heavy atom. The Balaban J connectivity index is 1.62. The summed E-state index contributed by atoms with van der Waals surface area (Å²) in [5, 5.41) is 5.32. The highest BCUT2D eigenvalue weighted by Gasteiger charge is 2.19. The van der Waals surface area contributed by atoms with Crippen LogP contribution in [-0.4, -0.2) is 0 Å². The molecule has 0 spiro atoms. The summed E-state index contributed by atoms with van der Waals surface area (Å²) >= 11 is 0. The van der Waals surface area contributed by atoms with Gasteiger partial charge < -0.3 is 0 Å². The van der Waals surface area contributed by atoms with Crippen LogP contribution in [0.4, 0.5) is 0 Å². The Labute approximate surface area is 158 Å². The van der Waals surface area contributed by atoms with Gasteiger partial charge in [-0.05, 0) is 79.5 Å². The molecule has 5 aromatic rings. The summed E-state index contributed by atoms with van der Waals surface area (Å²) in [5.74, 6) is 0. The normalized spacial score (nSPS) is 12.3. The van der Waals surface area contributed by atoms with E-state index in [0.29, 0.717) is 0 Å². The van der Waals surface area contributed by atoms with E-state index in [2.05, 4.69) is 97.1 Å². The summed E-state index contributed by atoms with van der Waals surface area (Å²) in [6.07, 6.45) is 1.04. The van der Waals surface area contributed by atoms with E-state index in [1.165, 1.54) is 54.9 Å². The van der Waals surface area contributed by atoms with Gasteiger partial charge in [-0.1, -0.05) is 78.9 Å². The first-order valence-electron chi connectivity index (χ1n) is 9.50. The number of hydrogen-bond donors (Lipinski definition) is 0. The van der Waals surface area contributed by atoms with E-state index in [-0.39, 0.29) is 0 Å². The Kier molecular flexibility index (Phi) is 3.04. The first-order valence-corrected chi connectivity index (χ1v) is 9.50. The molecule has 0 heteroatoms. The first-order chi connectivity index (χ1) is 13.4. The Morgan fingerprint density at radius 1 is 0.444 bits per heavy atom. The fourth-order valence-corrected chi connectivity index (χ4v) is 4.50. The molecule has 1 aliphatic carbocycles. The molecule has 0 heterocycles. The van der Waals surface area contributed by atoms with Gasteiger partial charge in [0.05, 0.1) is 0 Å². The predicted octanol–water partition coefficient (Wildman–Crippen LogP) is 7.23. The molecule has 0 saturated heterocycles. The van der Waals surface area contributed by atoms with E-state index >= 15 is 0 Å². The van der Waals surface area contributed by atoms with Crippen LogP contribution in [0.25, 0.3) is 43.8 Å². The lowest BCUT2D eigenvalue weighted by atomic mass is 9.94. The molecular formula is C27H18. The van der Waals surface area contributed by atoms with E-state index < -0.39 is 0 Å². The lowest BCUT2D eigenvalue weighted by Crippen LogP contribution is -1.85. The average Bonchev–Trinajstić information content (AvgIpc) is 3.10. The van der Waals surface area contributed by atoms with Crippen molar-refractivity contribution in [1.82, 2.24) is 0 Å². The summed E-state index contributed by atoms with van der Waals surface area (Å²) in [5.41, 5.74) is 8.23. The second-order valence-electron chi connectivity index (χ2n) is 7.43. The number of rotatable bonds is 1. The van der Waals surface area contributed by atoms with Crippen LogP contribution < -0.4 is 0 Å². The van der Waals surface area contributed by atoms with E-state index in [4.69, 9.17) is 0 Å². The van der Waals surface area contributed by atoms with Crippen molar-refractivity contribution in [2.75, 3.05) is 0 Å². The molecule has 0 bridgehead atoms. The predicted molar refractivity (Wildman–Crippen MR) is 115 cm³/mol. The summed E-state index contributed by atoms with van der Waals surface area (Å²) < 4.78 is 0. The maximum atomic E-state index is 2.42. The van der Waals surface area contributed by atoms with E-state index in [1.54, 1.807) is 0 Å². The molecule has 0 atom stereocenters. The van der Waals surface area contributed by atoms with Crippen molar-refractivity contribution in [3.05, 3.63) is 108 Å². The molecule has 5 aromatic carbocycles. The molecule has 1 aliphatic rings. The SMILES string of the molecule is c1ccc(-c2ccc3ccc4cc5c(cc4c3c2)Cc2ccccc2-5)cc1. The molecule has 0 unspecified atom stereocenters. The highest BCUT2D eigenvalue weighted by Crippen LogP contribution is 2.40. The van der Waals surface area contributed by atoms with Gasteiger partial charge in [-0.15, -0.1) is 0 Å². The molecule has 0 fully saturated rings. The van der Waals surface area contributed by atoms with Crippen molar-refractivity contribution < 1.29 is 0 Å². The number of hydrogen-bond acceptors (Lipinski definition) is 0. The smallest absolute Gasteiger partial charge is 0.00132 e. The molecule has 0 saturated carbocycles. The average molecular weight is 342 g/mol. The largest absolute Gasteiger partial charge is 0.0622 e. The van der Waals surface area contributed by atoms with Crippen LogP contribution >= 0.6 is 0 Å². The number of benzene rings is 5. The fraction of sp³-hybridized carbons (Fsp3) is 0.0370. The van der Waals surface area contributed by atoms with Crippen molar-refractivity contribution in [2.24, 2.45) is 0 Å². The van der Waals surface area contributed by atoms with Crippen LogP contribution in [0, 0.1) is 0 Å². The van der Waals surface area contributed by atoms with Crippen molar-refractivity contribution in [1.29, 1.82) is 0 Å². The maximum Gasteiger partial charge on any atom is -0.00132 e. The molecule has 0 aliphatic heterocycles. The zero-order valence-electron chi connectivity index (χ0n) is 14.9. The van der Waals surface area contributed by atoms with Crippen molar-refractivity contribution in [3.8, 4) is 22.3 Å². The Bertz CT molecular complexity index is 1330. The zero-order valence-corrected chi connectivity index (χ0v) is 14.9. The number of fused-ring (bicyclic) bond motifs is 6. The minimum absolute atomic E-state index is 1.04. The molecule has 0 amide bonds. The van der Waals surface area contributed by atoms with Gasteiger partial charge in [0.1, 0.15) is 0 Å². The third kappa shape index (κ3) is 2.23.